The molecule has 0 aromatic rings. The highest BCUT2D eigenvalue weighted by molar-refractivity contribution is 5.16. The minimum Gasteiger partial charge on any atom is -0.0874 e. The first-order valence-corrected chi connectivity index (χ1v) is 5.63. The van der Waals surface area contributed by atoms with Gasteiger partial charge in [-0.05, 0) is 26.7 Å². The van der Waals surface area contributed by atoms with Crippen LogP contribution < -0.4 is 0 Å². The quantitative estimate of drug-likeness (QED) is 0.409. The van der Waals surface area contributed by atoms with E-state index in [1.165, 1.54) is 31.3 Å². The van der Waals surface area contributed by atoms with E-state index in [9.17, 15) is 0 Å². The van der Waals surface area contributed by atoms with Crippen LogP contribution in [0.5, 0.6) is 0 Å². The fraction of sp³-hybridized carbons (Fsp3) is 0.692. The minimum absolute atomic E-state index is 1.24. The Hall–Kier alpha value is -0.520. The summed E-state index contributed by atoms with van der Waals surface area (Å²) in [6.45, 7) is 10.4. The molecule has 0 N–H and O–H groups in total. The van der Waals surface area contributed by atoms with Crippen molar-refractivity contribution >= 4 is 0 Å². The number of hydrogen-bond acceptors (Lipinski definition) is 0. The molecule has 0 nitrogen and oxygen atoms in total. The molecule has 78 valence electrons. The van der Waals surface area contributed by atoms with Crippen LogP contribution in [0.4, 0.5) is 0 Å². The van der Waals surface area contributed by atoms with Gasteiger partial charge in [0.05, 0.1) is 0 Å². The standard InChI is InChI=1S/C11H20.C2H6/c1-4-7-8-10-11(6-3)9-5-2;1-2/h5-6,9H,4,7-8,10H2,1-3H3;1-2H3/b9-5-,11-6+;. The van der Waals surface area contributed by atoms with Crippen LogP contribution in [0.15, 0.2) is 23.8 Å². The van der Waals surface area contributed by atoms with Gasteiger partial charge in [-0.2, -0.15) is 0 Å². The van der Waals surface area contributed by atoms with Gasteiger partial charge in [0.2, 0.25) is 0 Å². The number of hydrogen-bond donors (Lipinski definition) is 0. The van der Waals surface area contributed by atoms with Gasteiger partial charge in [-0.1, -0.05) is 57.4 Å². The molecular formula is C13H26. The molecule has 0 spiro atoms. The Balaban J connectivity index is 0. The van der Waals surface area contributed by atoms with Crippen LogP contribution in [0.1, 0.15) is 60.3 Å². The van der Waals surface area contributed by atoms with Crippen molar-refractivity contribution in [2.45, 2.75) is 60.3 Å². The number of allylic oxidation sites excluding steroid dienone is 4. The lowest BCUT2D eigenvalue weighted by molar-refractivity contribution is 0.719. The van der Waals surface area contributed by atoms with Gasteiger partial charge in [-0.25, -0.2) is 0 Å². The third-order valence-corrected chi connectivity index (χ3v) is 1.82. The molecule has 0 atom stereocenters. The van der Waals surface area contributed by atoms with Crippen LogP contribution in [0.25, 0.3) is 0 Å². The van der Waals surface area contributed by atoms with Gasteiger partial charge in [-0.3, -0.25) is 0 Å². The van der Waals surface area contributed by atoms with Gasteiger partial charge in [0.15, 0.2) is 0 Å². The zero-order valence-electron chi connectivity index (χ0n) is 10.1. The molecule has 0 aromatic heterocycles. The summed E-state index contributed by atoms with van der Waals surface area (Å²) >= 11 is 0. The first-order valence-electron chi connectivity index (χ1n) is 5.63. The fourth-order valence-corrected chi connectivity index (χ4v) is 1.12. The molecule has 0 fully saturated rings. The molecule has 0 saturated carbocycles. The van der Waals surface area contributed by atoms with Crippen molar-refractivity contribution in [3.8, 4) is 0 Å². The maximum atomic E-state index is 2.24. The van der Waals surface area contributed by atoms with Gasteiger partial charge >= 0.3 is 0 Å². The van der Waals surface area contributed by atoms with E-state index < -0.39 is 0 Å². The van der Waals surface area contributed by atoms with Gasteiger partial charge in [0.1, 0.15) is 0 Å². The summed E-state index contributed by atoms with van der Waals surface area (Å²) in [5, 5.41) is 0. The summed E-state index contributed by atoms with van der Waals surface area (Å²) in [5.74, 6) is 0. The van der Waals surface area contributed by atoms with E-state index in [0.717, 1.165) is 0 Å². The monoisotopic (exact) mass is 182 g/mol. The van der Waals surface area contributed by atoms with Gasteiger partial charge in [-0.15, -0.1) is 0 Å². The van der Waals surface area contributed by atoms with Crippen LogP contribution in [-0.4, -0.2) is 0 Å². The molecule has 0 aliphatic rings. The maximum absolute atomic E-state index is 2.24. The van der Waals surface area contributed by atoms with E-state index in [0.29, 0.717) is 0 Å². The Morgan fingerprint density at radius 2 is 1.69 bits per heavy atom. The lowest BCUT2D eigenvalue weighted by atomic mass is 10.1. The average molecular weight is 182 g/mol. The van der Waals surface area contributed by atoms with Crippen molar-refractivity contribution in [2.24, 2.45) is 0 Å². The van der Waals surface area contributed by atoms with E-state index in [-0.39, 0.29) is 0 Å². The van der Waals surface area contributed by atoms with Crippen molar-refractivity contribution in [3.05, 3.63) is 23.8 Å². The topological polar surface area (TPSA) is 0 Å². The van der Waals surface area contributed by atoms with Crippen LogP contribution in [0.2, 0.25) is 0 Å². The van der Waals surface area contributed by atoms with Crippen LogP contribution in [0.3, 0.4) is 0 Å². The molecule has 0 aliphatic heterocycles. The lowest BCUT2D eigenvalue weighted by Crippen LogP contribution is -1.79. The summed E-state index contributed by atoms with van der Waals surface area (Å²) < 4.78 is 0. The third-order valence-electron chi connectivity index (χ3n) is 1.82. The van der Waals surface area contributed by atoms with Crippen molar-refractivity contribution < 1.29 is 0 Å². The highest BCUT2D eigenvalue weighted by atomic mass is 14.0. The Morgan fingerprint density at radius 3 is 2.08 bits per heavy atom. The summed E-state index contributed by atoms with van der Waals surface area (Å²) in [4.78, 5) is 0. The Kier molecular flexibility index (Phi) is 16.2. The van der Waals surface area contributed by atoms with E-state index in [2.05, 4.69) is 39.0 Å². The zero-order valence-corrected chi connectivity index (χ0v) is 10.1. The van der Waals surface area contributed by atoms with Crippen molar-refractivity contribution in [1.82, 2.24) is 0 Å². The Labute approximate surface area is 84.7 Å². The lowest BCUT2D eigenvalue weighted by Gasteiger charge is -1.99. The third kappa shape index (κ3) is 11.5. The molecule has 13 heavy (non-hydrogen) atoms. The van der Waals surface area contributed by atoms with Crippen LogP contribution in [-0.2, 0) is 0 Å². The van der Waals surface area contributed by atoms with Crippen molar-refractivity contribution in [2.75, 3.05) is 0 Å². The molecular weight excluding hydrogens is 156 g/mol. The van der Waals surface area contributed by atoms with Crippen molar-refractivity contribution in [3.63, 3.8) is 0 Å². The first kappa shape index (κ1) is 15.0. The molecule has 0 amide bonds. The number of rotatable bonds is 5. The van der Waals surface area contributed by atoms with Crippen molar-refractivity contribution in [1.29, 1.82) is 0 Å². The summed E-state index contributed by atoms with van der Waals surface area (Å²) in [6, 6.07) is 0. The van der Waals surface area contributed by atoms with E-state index in [1.807, 2.05) is 13.8 Å². The second-order valence-electron chi connectivity index (χ2n) is 2.82. The zero-order chi connectivity index (χ0) is 10.5. The Morgan fingerprint density at radius 1 is 1.08 bits per heavy atom. The van der Waals surface area contributed by atoms with E-state index in [4.69, 9.17) is 0 Å². The summed E-state index contributed by atoms with van der Waals surface area (Å²) in [7, 11) is 0. The normalized spacial score (nSPS) is 11.3. The molecule has 0 saturated heterocycles. The second-order valence-corrected chi connectivity index (χ2v) is 2.82. The van der Waals surface area contributed by atoms with E-state index >= 15 is 0 Å². The SMILES string of the molecule is C/C=C\C(=C/C)CCCCC.CC. The molecule has 0 bridgehead atoms. The first-order chi connectivity index (χ1) is 6.35. The largest absolute Gasteiger partial charge is 0.0874 e. The predicted octanol–water partition coefficient (Wildman–Crippen LogP) is 5.12. The van der Waals surface area contributed by atoms with Crippen LogP contribution >= 0.6 is 0 Å². The van der Waals surface area contributed by atoms with E-state index in [1.54, 1.807) is 0 Å². The van der Waals surface area contributed by atoms with Gasteiger partial charge in [0, 0.05) is 0 Å². The molecule has 0 heteroatoms. The van der Waals surface area contributed by atoms with Gasteiger partial charge in [0.25, 0.3) is 0 Å². The second kappa shape index (κ2) is 14.0. The van der Waals surface area contributed by atoms with Crippen LogP contribution in [0, 0.1) is 0 Å². The molecule has 0 aromatic carbocycles. The average Bonchev–Trinajstić information content (AvgIpc) is 2.20. The maximum Gasteiger partial charge on any atom is -0.0282 e. The highest BCUT2D eigenvalue weighted by Gasteiger charge is 1.89. The molecule has 0 heterocycles. The molecule has 0 aliphatic carbocycles. The number of unbranched alkanes of at least 4 members (excludes halogenated alkanes) is 2. The predicted molar refractivity (Wildman–Crippen MR) is 64.1 cm³/mol. The molecule has 0 rings (SSSR count). The molecule has 0 radical (unpaired) electrons. The minimum atomic E-state index is 1.24. The van der Waals surface area contributed by atoms with Gasteiger partial charge < -0.3 is 0 Å². The smallest absolute Gasteiger partial charge is 0.0282 e. The highest BCUT2D eigenvalue weighted by Crippen LogP contribution is 2.09. The molecule has 0 unspecified atom stereocenters. The Bertz CT molecular complexity index is 129. The summed E-state index contributed by atoms with van der Waals surface area (Å²) in [6.07, 6.45) is 11.8. The fourth-order valence-electron chi connectivity index (χ4n) is 1.12. The summed E-state index contributed by atoms with van der Waals surface area (Å²) in [5.41, 5.74) is 1.47.